The molecule has 0 atom stereocenters. The Labute approximate surface area is 63.0 Å². The Morgan fingerprint density at radius 1 is 1.64 bits per heavy atom. The second-order valence-corrected chi connectivity index (χ2v) is 2.29. The Kier molecular flexibility index (Phi) is 1.09. The van der Waals surface area contributed by atoms with E-state index in [0.717, 1.165) is 5.71 Å². The molecule has 0 saturated heterocycles. The van der Waals surface area contributed by atoms with Gasteiger partial charge >= 0.3 is 0 Å². The van der Waals surface area contributed by atoms with E-state index in [1.54, 1.807) is 12.2 Å². The summed E-state index contributed by atoms with van der Waals surface area (Å²) in [6.07, 6.45) is 3.23. The molecule has 0 aromatic rings. The number of carbonyl (C=O) groups excluding carboxylic acids is 1. The van der Waals surface area contributed by atoms with Gasteiger partial charge in [0, 0.05) is 5.57 Å². The average molecular weight is 150 g/mol. The van der Waals surface area contributed by atoms with Crippen molar-refractivity contribution in [1.29, 1.82) is 0 Å². The van der Waals surface area contributed by atoms with Gasteiger partial charge in [-0.3, -0.25) is 4.79 Å². The fraction of sp³-hybridized carbons (Fsp3) is 0.143. The van der Waals surface area contributed by atoms with Gasteiger partial charge in [-0.05, 0) is 12.2 Å². The lowest BCUT2D eigenvalue weighted by molar-refractivity contribution is -0.114. The van der Waals surface area contributed by atoms with Crippen LogP contribution in [0.1, 0.15) is 0 Å². The number of nitrogens with zero attached hydrogens (tertiary/aromatic N) is 1. The zero-order chi connectivity index (χ0) is 7.84. The lowest BCUT2D eigenvalue weighted by Crippen LogP contribution is -2.11. The van der Waals surface area contributed by atoms with Crippen LogP contribution >= 0.6 is 0 Å². The van der Waals surface area contributed by atoms with Gasteiger partial charge in [0.2, 0.25) is 5.91 Å². The van der Waals surface area contributed by atoms with Gasteiger partial charge < -0.3 is 10.5 Å². The van der Waals surface area contributed by atoms with Crippen LogP contribution in [0.4, 0.5) is 0 Å². The summed E-state index contributed by atoms with van der Waals surface area (Å²) in [5, 5.41) is 0. The summed E-state index contributed by atoms with van der Waals surface area (Å²) >= 11 is 0. The molecule has 0 radical (unpaired) electrons. The molecule has 0 spiro atoms. The van der Waals surface area contributed by atoms with Crippen LogP contribution in [0.3, 0.4) is 0 Å². The maximum Gasteiger partial charge on any atom is 0.248 e. The highest BCUT2D eigenvalue weighted by molar-refractivity contribution is 6.17. The van der Waals surface area contributed by atoms with E-state index in [0.29, 0.717) is 18.1 Å². The number of fused-ring (bicyclic) bond motifs is 1. The zero-order valence-corrected chi connectivity index (χ0v) is 5.70. The van der Waals surface area contributed by atoms with E-state index >= 15 is 0 Å². The highest BCUT2D eigenvalue weighted by Crippen LogP contribution is 2.20. The molecule has 0 bridgehead atoms. The smallest absolute Gasteiger partial charge is 0.248 e. The van der Waals surface area contributed by atoms with Crippen LogP contribution in [0.15, 0.2) is 28.5 Å². The largest absolute Gasteiger partial charge is 0.469 e. The molecule has 1 heterocycles. The van der Waals surface area contributed by atoms with Crippen molar-refractivity contribution < 1.29 is 9.53 Å². The molecule has 2 rings (SSSR count). The van der Waals surface area contributed by atoms with Gasteiger partial charge in [-0.15, -0.1) is 0 Å². The Hall–Kier alpha value is -1.58. The molecule has 4 nitrogen and oxygen atoms in total. The number of carbonyl (C=O) groups is 1. The fourth-order valence-corrected chi connectivity index (χ4v) is 1.03. The van der Waals surface area contributed by atoms with Gasteiger partial charge in [-0.25, -0.2) is 4.99 Å². The van der Waals surface area contributed by atoms with Crippen LogP contribution in [0.5, 0.6) is 0 Å². The van der Waals surface area contributed by atoms with Crippen molar-refractivity contribution in [2.24, 2.45) is 10.7 Å². The lowest BCUT2D eigenvalue weighted by Gasteiger charge is -1.91. The van der Waals surface area contributed by atoms with Gasteiger partial charge in [0.05, 0.1) is 0 Å². The number of hydrogen-bond acceptors (Lipinski definition) is 3. The van der Waals surface area contributed by atoms with E-state index in [2.05, 4.69) is 4.99 Å². The van der Waals surface area contributed by atoms with Crippen molar-refractivity contribution in [3.05, 3.63) is 23.5 Å². The maximum atomic E-state index is 10.6. The monoisotopic (exact) mass is 150 g/mol. The van der Waals surface area contributed by atoms with Gasteiger partial charge in [0.15, 0.2) is 6.73 Å². The van der Waals surface area contributed by atoms with Gasteiger partial charge in [-0.2, -0.15) is 0 Å². The van der Waals surface area contributed by atoms with E-state index < -0.39 is 5.91 Å². The molecule has 1 aliphatic carbocycles. The minimum absolute atomic E-state index is 0.351. The summed E-state index contributed by atoms with van der Waals surface area (Å²) in [6, 6.07) is 0. The molecule has 2 aliphatic rings. The number of nitrogens with two attached hydrogens (primary N) is 1. The third-order valence-corrected chi connectivity index (χ3v) is 1.57. The molecule has 0 aromatic heterocycles. The Balaban J connectivity index is 2.38. The SMILES string of the molecule is NC(=O)C1=CC2=NCOC2=C1. The minimum atomic E-state index is -0.446. The molecular formula is C7H6N2O2. The number of ether oxygens (including phenoxy) is 1. The molecule has 0 fully saturated rings. The van der Waals surface area contributed by atoms with E-state index in [-0.39, 0.29) is 0 Å². The Bertz CT molecular complexity index is 310. The summed E-state index contributed by atoms with van der Waals surface area (Å²) in [6.45, 7) is 0.351. The third-order valence-electron chi connectivity index (χ3n) is 1.57. The average Bonchev–Trinajstić information content (AvgIpc) is 2.40. The number of amides is 1. The number of aliphatic imine (C=N–C) groups is 1. The van der Waals surface area contributed by atoms with E-state index in [1.165, 1.54) is 0 Å². The summed E-state index contributed by atoms with van der Waals surface area (Å²) in [7, 11) is 0. The number of hydrogen-bond donors (Lipinski definition) is 1. The predicted molar refractivity (Wildman–Crippen MR) is 38.7 cm³/mol. The molecule has 0 saturated carbocycles. The first-order chi connectivity index (χ1) is 5.27. The maximum absolute atomic E-state index is 10.6. The molecular weight excluding hydrogens is 144 g/mol. The van der Waals surface area contributed by atoms with Crippen LogP contribution in [0.2, 0.25) is 0 Å². The van der Waals surface area contributed by atoms with Crippen LogP contribution in [-0.2, 0) is 9.53 Å². The highest BCUT2D eigenvalue weighted by Gasteiger charge is 2.21. The summed E-state index contributed by atoms with van der Waals surface area (Å²) in [5.74, 6) is 0.206. The van der Waals surface area contributed by atoms with Crippen LogP contribution in [0, 0.1) is 0 Å². The Morgan fingerprint density at radius 2 is 2.45 bits per heavy atom. The first-order valence-corrected chi connectivity index (χ1v) is 3.18. The van der Waals surface area contributed by atoms with Crippen molar-refractivity contribution in [2.45, 2.75) is 0 Å². The van der Waals surface area contributed by atoms with Gasteiger partial charge in [-0.1, -0.05) is 0 Å². The van der Waals surface area contributed by atoms with Crippen molar-refractivity contribution in [3.63, 3.8) is 0 Å². The van der Waals surface area contributed by atoms with Gasteiger partial charge in [0.1, 0.15) is 11.5 Å². The normalized spacial score (nSPS) is 19.8. The van der Waals surface area contributed by atoms with Crippen LogP contribution in [0.25, 0.3) is 0 Å². The van der Waals surface area contributed by atoms with E-state index in [1.807, 2.05) is 0 Å². The van der Waals surface area contributed by atoms with Crippen molar-refractivity contribution >= 4 is 11.6 Å². The quantitative estimate of drug-likeness (QED) is 0.558. The lowest BCUT2D eigenvalue weighted by atomic mass is 10.3. The molecule has 1 amide bonds. The fourth-order valence-electron chi connectivity index (χ4n) is 1.03. The minimum Gasteiger partial charge on any atom is -0.469 e. The molecule has 0 unspecified atom stereocenters. The highest BCUT2D eigenvalue weighted by atomic mass is 16.5. The van der Waals surface area contributed by atoms with Gasteiger partial charge in [0.25, 0.3) is 0 Å². The topological polar surface area (TPSA) is 64.7 Å². The summed E-state index contributed by atoms with van der Waals surface area (Å²) in [5.41, 5.74) is 6.22. The molecule has 56 valence electrons. The first kappa shape index (κ1) is 6.15. The predicted octanol–water partition coefficient (Wildman–Crippen LogP) is -0.276. The molecule has 1 aliphatic heterocycles. The second kappa shape index (κ2) is 1.95. The molecule has 4 heteroatoms. The number of allylic oxidation sites excluding steroid dienone is 1. The number of primary amides is 1. The summed E-state index contributed by atoms with van der Waals surface area (Å²) < 4.78 is 5.05. The van der Waals surface area contributed by atoms with Crippen LogP contribution < -0.4 is 5.73 Å². The van der Waals surface area contributed by atoms with Crippen molar-refractivity contribution in [3.8, 4) is 0 Å². The second-order valence-electron chi connectivity index (χ2n) is 2.29. The third kappa shape index (κ3) is 0.832. The van der Waals surface area contributed by atoms with Crippen molar-refractivity contribution in [2.75, 3.05) is 6.73 Å². The van der Waals surface area contributed by atoms with Crippen molar-refractivity contribution in [1.82, 2.24) is 0 Å². The Morgan fingerprint density at radius 3 is 3.09 bits per heavy atom. The molecule has 2 N–H and O–H groups in total. The van der Waals surface area contributed by atoms with Crippen LogP contribution in [-0.4, -0.2) is 18.3 Å². The first-order valence-electron chi connectivity index (χ1n) is 3.18. The standard InChI is InChI=1S/C7H6N2O2/c8-7(10)4-1-5-6(2-4)11-3-9-5/h1-2H,3H2,(H2,8,10). The zero-order valence-electron chi connectivity index (χ0n) is 5.70. The number of rotatable bonds is 1. The van der Waals surface area contributed by atoms with E-state index in [4.69, 9.17) is 10.5 Å². The molecule has 0 aromatic carbocycles. The summed E-state index contributed by atoms with van der Waals surface area (Å²) in [4.78, 5) is 14.6. The van der Waals surface area contributed by atoms with E-state index in [9.17, 15) is 4.79 Å². The molecule has 11 heavy (non-hydrogen) atoms.